The molecule has 40 heavy (non-hydrogen) atoms. The summed E-state index contributed by atoms with van der Waals surface area (Å²) in [6.45, 7) is 6.62. The fourth-order valence-electron chi connectivity index (χ4n) is 5.46. The molecule has 1 amide bonds. The molecule has 0 spiro atoms. The van der Waals surface area contributed by atoms with E-state index in [1.54, 1.807) is 0 Å². The molecule has 6 heteroatoms. The Labute approximate surface area is 236 Å². The molecule has 4 aromatic carbocycles. The number of hydrogen-bond donors (Lipinski definition) is 2. The second kappa shape index (κ2) is 12.3. The number of hydrogen-bond acceptors (Lipinski definition) is 5. The van der Waals surface area contributed by atoms with Crippen LogP contribution >= 0.6 is 0 Å². The Balaban J connectivity index is 1.41. The minimum atomic E-state index is -0.596. The fraction of sp³-hybridized carbons (Fsp3) is 0.324. The van der Waals surface area contributed by atoms with Gasteiger partial charge in [0.05, 0.1) is 18.8 Å². The van der Waals surface area contributed by atoms with Gasteiger partial charge in [0.25, 0.3) is 0 Å². The third kappa shape index (κ3) is 6.26. The molecule has 0 aromatic heterocycles. The van der Waals surface area contributed by atoms with E-state index in [4.69, 9.17) is 9.47 Å². The summed E-state index contributed by atoms with van der Waals surface area (Å²) in [7, 11) is 2.14. The van der Waals surface area contributed by atoms with Crippen LogP contribution in [-0.4, -0.2) is 35.6 Å². The number of carbonyl (C=O) groups is 1. The zero-order valence-corrected chi connectivity index (χ0v) is 23.6. The fourth-order valence-corrected chi connectivity index (χ4v) is 5.46. The van der Waals surface area contributed by atoms with Gasteiger partial charge in [-0.1, -0.05) is 79.7 Å². The van der Waals surface area contributed by atoms with Crippen LogP contribution in [0.15, 0.2) is 91.0 Å². The molecule has 1 heterocycles. The standard InChI is InChI=1S/C34H38N2O4/c1-22-32(20-36(4)23(2)28-17-16-26-8-5-6-9-29(26)18-28)39-34(30-10-7-11-31(19-30)35-24(3)38)40-33(22)27-14-12-25(21-37)13-15-27/h5-19,22-23,32-34,37H,20-21H2,1-4H3,(H,35,38)/t22-,23-,32+,33+,34+/m1/s1. The number of rotatable bonds is 8. The van der Waals surface area contributed by atoms with Gasteiger partial charge in [-0.05, 0) is 59.6 Å². The summed E-state index contributed by atoms with van der Waals surface area (Å²) >= 11 is 0. The van der Waals surface area contributed by atoms with Crippen molar-refractivity contribution >= 4 is 22.4 Å². The van der Waals surface area contributed by atoms with Gasteiger partial charge in [0.1, 0.15) is 0 Å². The minimum Gasteiger partial charge on any atom is -0.392 e. The lowest BCUT2D eigenvalue weighted by Crippen LogP contribution is -2.44. The van der Waals surface area contributed by atoms with Gasteiger partial charge >= 0.3 is 0 Å². The van der Waals surface area contributed by atoms with Crippen LogP contribution in [0, 0.1) is 5.92 Å². The first-order valence-corrected chi connectivity index (χ1v) is 13.9. The number of nitrogens with zero attached hydrogens (tertiary/aromatic N) is 1. The number of carbonyl (C=O) groups excluding carboxylic acids is 1. The Hall–Kier alpha value is -3.55. The zero-order chi connectivity index (χ0) is 28.2. The third-order valence-electron chi connectivity index (χ3n) is 7.99. The van der Waals surface area contributed by atoms with E-state index in [1.165, 1.54) is 23.3 Å². The van der Waals surface area contributed by atoms with Gasteiger partial charge < -0.3 is 19.9 Å². The average molecular weight is 539 g/mol. The van der Waals surface area contributed by atoms with Gasteiger partial charge in [0.15, 0.2) is 6.29 Å². The van der Waals surface area contributed by atoms with Gasteiger partial charge in [-0.15, -0.1) is 0 Å². The lowest BCUT2D eigenvalue weighted by molar-refractivity contribution is -0.276. The highest BCUT2D eigenvalue weighted by molar-refractivity contribution is 5.88. The first kappa shape index (κ1) is 28.0. The SMILES string of the molecule is CC(=O)Nc1cccc([C@H]2O[C@@H](CN(C)[C@H](C)c3ccc4ccccc4c3)[C@@H](C)[C@@H](c3ccc(CO)cc3)O2)c1. The number of likely N-dealkylation sites (N-methyl/N-ethyl adjacent to an activating group) is 1. The van der Waals surface area contributed by atoms with E-state index < -0.39 is 6.29 Å². The van der Waals surface area contributed by atoms with Gasteiger partial charge in [-0.25, -0.2) is 0 Å². The van der Waals surface area contributed by atoms with E-state index in [-0.39, 0.29) is 36.7 Å². The maximum atomic E-state index is 11.7. The highest BCUT2D eigenvalue weighted by Gasteiger charge is 2.39. The first-order chi connectivity index (χ1) is 19.3. The Morgan fingerprint density at radius 3 is 2.40 bits per heavy atom. The Kier molecular flexibility index (Phi) is 8.62. The largest absolute Gasteiger partial charge is 0.392 e. The van der Waals surface area contributed by atoms with Crippen molar-refractivity contribution in [3.8, 4) is 0 Å². The van der Waals surface area contributed by atoms with Crippen LogP contribution in [0.1, 0.15) is 61.5 Å². The maximum Gasteiger partial charge on any atom is 0.221 e. The number of aliphatic hydroxyl groups is 1. The van der Waals surface area contributed by atoms with Crippen molar-refractivity contribution in [2.45, 2.75) is 51.9 Å². The summed E-state index contributed by atoms with van der Waals surface area (Å²) in [6, 6.07) is 30.9. The highest BCUT2D eigenvalue weighted by atomic mass is 16.7. The summed E-state index contributed by atoms with van der Waals surface area (Å²) in [5.74, 6) is -0.0544. The topological polar surface area (TPSA) is 71.0 Å². The van der Waals surface area contributed by atoms with E-state index in [9.17, 15) is 9.90 Å². The van der Waals surface area contributed by atoms with Crippen LogP contribution in [0.2, 0.25) is 0 Å². The molecule has 1 fully saturated rings. The monoisotopic (exact) mass is 538 g/mol. The smallest absolute Gasteiger partial charge is 0.221 e. The second-order valence-electron chi connectivity index (χ2n) is 10.9. The molecule has 208 valence electrons. The minimum absolute atomic E-state index is 0.00309. The van der Waals surface area contributed by atoms with Gasteiger partial charge in [-0.3, -0.25) is 9.69 Å². The molecule has 1 saturated heterocycles. The van der Waals surface area contributed by atoms with Crippen molar-refractivity contribution in [1.29, 1.82) is 0 Å². The number of nitrogens with one attached hydrogen (secondary N) is 1. The van der Waals surface area contributed by atoms with E-state index in [2.05, 4.69) is 73.6 Å². The number of benzene rings is 4. The summed E-state index contributed by atoms with van der Waals surface area (Å²) < 4.78 is 13.2. The van der Waals surface area contributed by atoms with Crippen molar-refractivity contribution in [1.82, 2.24) is 4.90 Å². The molecule has 1 aliphatic rings. The van der Waals surface area contributed by atoms with Crippen molar-refractivity contribution in [2.24, 2.45) is 5.92 Å². The molecule has 6 nitrogen and oxygen atoms in total. The van der Waals surface area contributed by atoms with E-state index in [0.717, 1.165) is 16.7 Å². The van der Waals surface area contributed by atoms with Crippen LogP contribution in [0.25, 0.3) is 10.8 Å². The van der Waals surface area contributed by atoms with Gasteiger partial charge in [-0.2, -0.15) is 0 Å². The molecule has 0 bridgehead atoms. The number of fused-ring (bicyclic) bond motifs is 1. The Morgan fingerprint density at radius 1 is 0.925 bits per heavy atom. The molecule has 5 atom stereocenters. The predicted octanol–water partition coefficient (Wildman–Crippen LogP) is 6.77. The summed E-state index contributed by atoms with van der Waals surface area (Å²) in [6.07, 6.45) is -0.911. The maximum absolute atomic E-state index is 11.7. The molecule has 0 saturated carbocycles. The quantitative estimate of drug-likeness (QED) is 0.259. The summed E-state index contributed by atoms with van der Waals surface area (Å²) in [5, 5.41) is 14.9. The number of amides is 1. The normalized spacial score (nSPS) is 21.9. The Bertz CT molecular complexity index is 1450. The van der Waals surface area contributed by atoms with Crippen molar-refractivity contribution in [2.75, 3.05) is 18.9 Å². The first-order valence-electron chi connectivity index (χ1n) is 13.9. The van der Waals surface area contributed by atoms with Crippen LogP contribution in [0.3, 0.4) is 0 Å². The molecular formula is C34H38N2O4. The molecule has 0 aliphatic carbocycles. The van der Waals surface area contributed by atoms with Gasteiger partial charge in [0, 0.05) is 36.7 Å². The lowest BCUT2D eigenvalue weighted by Gasteiger charge is -2.43. The summed E-state index contributed by atoms with van der Waals surface area (Å²) in [5.41, 5.74) is 4.73. The molecule has 0 unspecified atom stereocenters. The van der Waals surface area contributed by atoms with Crippen molar-refractivity contribution in [3.63, 3.8) is 0 Å². The number of anilines is 1. The molecule has 1 aliphatic heterocycles. The van der Waals surface area contributed by atoms with Crippen LogP contribution < -0.4 is 5.32 Å². The molecule has 0 radical (unpaired) electrons. The van der Waals surface area contributed by atoms with Crippen LogP contribution in [-0.2, 0) is 20.9 Å². The highest BCUT2D eigenvalue weighted by Crippen LogP contribution is 2.42. The lowest BCUT2D eigenvalue weighted by atomic mass is 9.89. The number of aliphatic hydroxyl groups excluding tert-OH is 1. The van der Waals surface area contributed by atoms with Crippen molar-refractivity contribution in [3.05, 3.63) is 113 Å². The molecule has 4 aromatic rings. The summed E-state index contributed by atoms with van der Waals surface area (Å²) in [4.78, 5) is 14.0. The average Bonchev–Trinajstić information content (AvgIpc) is 2.97. The molecule has 2 N–H and O–H groups in total. The zero-order valence-electron chi connectivity index (χ0n) is 23.6. The van der Waals surface area contributed by atoms with Crippen LogP contribution in [0.5, 0.6) is 0 Å². The van der Waals surface area contributed by atoms with Crippen molar-refractivity contribution < 1.29 is 19.4 Å². The number of ether oxygens (including phenoxy) is 2. The van der Waals surface area contributed by atoms with Gasteiger partial charge in [0.2, 0.25) is 5.91 Å². The Morgan fingerprint density at radius 2 is 1.68 bits per heavy atom. The van der Waals surface area contributed by atoms with E-state index in [0.29, 0.717) is 12.2 Å². The second-order valence-corrected chi connectivity index (χ2v) is 10.9. The molecular weight excluding hydrogens is 500 g/mol. The third-order valence-corrected chi connectivity index (χ3v) is 7.99. The van der Waals surface area contributed by atoms with E-state index in [1.807, 2.05) is 48.5 Å². The van der Waals surface area contributed by atoms with Crippen LogP contribution in [0.4, 0.5) is 5.69 Å². The predicted molar refractivity (Wildman–Crippen MR) is 159 cm³/mol. The molecule has 5 rings (SSSR count). The van der Waals surface area contributed by atoms with E-state index >= 15 is 0 Å².